The van der Waals surface area contributed by atoms with Crippen molar-refractivity contribution < 1.29 is 19.4 Å². The number of aromatic carboxylic acids is 1. The number of carboxylic acids is 1. The summed E-state index contributed by atoms with van der Waals surface area (Å²) in [6.07, 6.45) is 3.45. The first-order valence-corrected chi connectivity index (χ1v) is 8.07. The third-order valence-corrected chi connectivity index (χ3v) is 4.08. The molecule has 3 aromatic rings. The van der Waals surface area contributed by atoms with Crippen LogP contribution in [0.2, 0.25) is 0 Å². The van der Waals surface area contributed by atoms with Gasteiger partial charge in [-0.2, -0.15) is 0 Å². The van der Waals surface area contributed by atoms with Gasteiger partial charge in [0.05, 0.1) is 31.0 Å². The van der Waals surface area contributed by atoms with Crippen LogP contribution in [0.1, 0.15) is 27.2 Å². The number of hydrogen-bond donors (Lipinski definition) is 1. The highest BCUT2D eigenvalue weighted by Crippen LogP contribution is 2.32. The number of pyridine rings is 1. The second-order valence-corrected chi connectivity index (χ2v) is 5.84. The summed E-state index contributed by atoms with van der Waals surface area (Å²) in [4.78, 5) is 16.2. The van der Waals surface area contributed by atoms with Gasteiger partial charge in [-0.05, 0) is 43.3 Å². The van der Waals surface area contributed by atoms with Crippen molar-refractivity contribution in [3.05, 3.63) is 64.8 Å². The predicted octanol–water partition coefficient (Wildman–Crippen LogP) is 4.43. The molecule has 0 amide bonds. The van der Waals surface area contributed by atoms with E-state index in [1.165, 1.54) is 0 Å². The largest absolute Gasteiger partial charge is 0.493 e. The number of carboxylic acid groups (broad SMARTS) is 1. The molecule has 3 rings (SSSR count). The maximum Gasteiger partial charge on any atom is 0.337 e. The van der Waals surface area contributed by atoms with E-state index < -0.39 is 5.97 Å². The zero-order valence-electron chi connectivity index (χ0n) is 14.8. The molecule has 1 N–H and O–H groups in total. The minimum Gasteiger partial charge on any atom is -0.493 e. The molecule has 1 aromatic heterocycles. The molecule has 2 aromatic carbocycles. The van der Waals surface area contributed by atoms with Gasteiger partial charge in [0.2, 0.25) is 0 Å². The highest BCUT2D eigenvalue weighted by molar-refractivity contribution is 5.97. The van der Waals surface area contributed by atoms with Crippen molar-refractivity contribution in [2.24, 2.45) is 0 Å². The van der Waals surface area contributed by atoms with E-state index in [9.17, 15) is 9.90 Å². The number of fused-ring (bicyclic) bond motifs is 1. The smallest absolute Gasteiger partial charge is 0.337 e. The molecule has 0 unspecified atom stereocenters. The fraction of sp³-hybridized carbons (Fsp3) is 0.143. The van der Waals surface area contributed by atoms with Crippen molar-refractivity contribution in [1.82, 2.24) is 4.98 Å². The van der Waals surface area contributed by atoms with Gasteiger partial charge >= 0.3 is 5.97 Å². The van der Waals surface area contributed by atoms with Gasteiger partial charge in [0.25, 0.3) is 0 Å². The minimum absolute atomic E-state index is 0.154. The van der Waals surface area contributed by atoms with Gasteiger partial charge < -0.3 is 14.6 Å². The average Bonchev–Trinajstić information content (AvgIpc) is 2.64. The van der Waals surface area contributed by atoms with Gasteiger partial charge in [-0.15, -0.1) is 0 Å². The minimum atomic E-state index is -1.02. The zero-order chi connectivity index (χ0) is 18.7. The molecular formula is C21H19NO4. The number of ether oxygens (including phenoxy) is 2. The first kappa shape index (κ1) is 17.5. The van der Waals surface area contributed by atoms with Gasteiger partial charge in [0, 0.05) is 10.9 Å². The summed E-state index contributed by atoms with van der Waals surface area (Å²) in [5.41, 5.74) is 3.12. The molecule has 0 radical (unpaired) electrons. The quantitative estimate of drug-likeness (QED) is 0.738. The molecule has 26 heavy (non-hydrogen) atoms. The molecule has 0 spiro atoms. The van der Waals surface area contributed by atoms with E-state index in [2.05, 4.69) is 4.98 Å². The summed E-state index contributed by atoms with van der Waals surface area (Å²) >= 11 is 0. The Hall–Kier alpha value is -3.34. The van der Waals surface area contributed by atoms with Crippen LogP contribution in [0.15, 0.2) is 42.5 Å². The zero-order valence-corrected chi connectivity index (χ0v) is 14.8. The fourth-order valence-electron chi connectivity index (χ4n) is 2.82. The molecule has 5 nitrogen and oxygen atoms in total. The number of methoxy groups -OCH3 is 2. The Kier molecular flexibility index (Phi) is 4.89. The van der Waals surface area contributed by atoms with Crippen molar-refractivity contribution in [1.29, 1.82) is 0 Å². The molecule has 0 atom stereocenters. The van der Waals surface area contributed by atoms with Crippen LogP contribution < -0.4 is 9.47 Å². The number of carbonyl (C=O) groups is 1. The van der Waals surface area contributed by atoms with E-state index in [1.807, 2.05) is 37.3 Å². The molecule has 0 saturated carbocycles. The number of aryl methyl sites for hydroxylation is 1. The van der Waals surface area contributed by atoms with Crippen LogP contribution >= 0.6 is 0 Å². The number of rotatable bonds is 5. The Morgan fingerprint density at radius 2 is 1.88 bits per heavy atom. The van der Waals surface area contributed by atoms with E-state index in [0.29, 0.717) is 17.2 Å². The first-order chi connectivity index (χ1) is 12.5. The van der Waals surface area contributed by atoms with Crippen molar-refractivity contribution >= 4 is 29.0 Å². The lowest BCUT2D eigenvalue weighted by Crippen LogP contribution is -2.02. The lowest BCUT2D eigenvalue weighted by Gasteiger charge is -2.10. The van der Waals surface area contributed by atoms with Gasteiger partial charge in [-0.25, -0.2) is 9.78 Å². The molecule has 0 aliphatic rings. The van der Waals surface area contributed by atoms with Gasteiger partial charge in [-0.1, -0.05) is 23.8 Å². The summed E-state index contributed by atoms with van der Waals surface area (Å²) < 4.78 is 10.7. The predicted molar refractivity (Wildman–Crippen MR) is 102 cm³/mol. The summed E-state index contributed by atoms with van der Waals surface area (Å²) in [6, 6.07) is 12.9. The van der Waals surface area contributed by atoms with E-state index >= 15 is 0 Å². The number of aromatic nitrogens is 1. The maximum absolute atomic E-state index is 11.7. The van der Waals surface area contributed by atoms with Crippen LogP contribution in [-0.4, -0.2) is 30.3 Å². The number of hydrogen-bond acceptors (Lipinski definition) is 4. The molecular weight excluding hydrogens is 330 g/mol. The van der Waals surface area contributed by atoms with Crippen molar-refractivity contribution in [2.45, 2.75) is 6.92 Å². The number of benzene rings is 2. The average molecular weight is 349 g/mol. The van der Waals surface area contributed by atoms with Crippen LogP contribution in [-0.2, 0) is 0 Å². The molecule has 0 aliphatic carbocycles. The second kappa shape index (κ2) is 7.27. The molecule has 5 heteroatoms. The highest BCUT2D eigenvalue weighted by Gasteiger charge is 2.12. The number of nitrogens with zero attached hydrogens (tertiary/aromatic N) is 1. The SMILES string of the molecule is COc1cccc(/C=C/c2nc3ccc(C)cc3cc2C(=O)O)c1OC. The van der Waals surface area contributed by atoms with E-state index in [-0.39, 0.29) is 5.56 Å². The van der Waals surface area contributed by atoms with E-state index in [1.54, 1.807) is 38.5 Å². The molecule has 0 saturated heterocycles. The summed E-state index contributed by atoms with van der Waals surface area (Å²) in [5, 5.41) is 10.4. The van der Waals surface area contributed by atoms with Gasteiger partial charge in [0.15, 0.2) is 11.5 Å². The lowest BCUT2D eigenvalue weighted by atomic mass is 10.1. The summed E-state index contributed by atoms with van der Waals surface area (Å²) in [6.45, 7) is 1.96. The Morgan fingerprint density at radius 1 is 1.08 bits per heavy atom. The molecule has 1 heterocycles. The van der Waals surface area contributed by atoms with E-state index in [4.69, 9.17) is 9.47 Å². The van der Waals surface area contributed by atoms with Gasteiger partial charge in [-0.3, -0.25) is 0 Å². The van der Waals surface area contributed by atoms with Gasteiger partial charge in [0.1, 0.15) is 0 Å². The third kappa shape index (κ3) is 3.37. The standard InChI is InChI=1S/C21H19NO4/c1-13-7-9-17-15(11-13)12-16(21(23)24)18(22-17)10-8-14-5-4-6-19(25-2)20(14)26-3/h4-12H,1-3H3,(H,23,24)/b10-8+. The molecule has 0 bridgehead atoms. The van der Waals surface area contributed by atoms with Crippen LogP contribution in [0.3, 0.4) is 0 Å². The Balaban J connectivity index is 2.11. The highest BCUT2D eigenvalue weighted by atomic mass is 16.5. The maximum atomic E-state index is 11.7. The van der Waals surface area contributed by atoms with Crippen molar-refractivity contribution in [3.63, 3.8) is 0 Å². The van der Waals surface area contributed by atoms with Crippen molar-refractivity contribution in [2.75, 3.05) is 14.2 Å². The monoisotopic (exact) mass is 349 g/mol. The van der Waals surface area contributed by atoms with Crippen LogP contribution in [0.5, 0.6) is 11.5 Å². The van der Waals surface area contributed by atoms with Crippen LogP contribution in [0.25, 0.3) is 23.1 Å². The normalized spacial score (nSPS) is 11.0. The molecule has 132 valence electrons. The van der Waals surface area contributed by atoms with Crippen LogP contribution in [0, 0.1) is 6.92 Å². The molecule has 0 fully saturated rings. The molecule has 0 aliphatic heterocycles. The van der Waals surface area contributed by atoms with Crippen molar-refractivity contribution in [3.8, 4) is 11.5 Å². The summed E-state index contributed by atoms with van der Waals surface area (Å²) in [5.74, 6) is 0.174. The number of para-hydroxylation sites is 1. The second-order valence-electron chi connectivity index (χ2n) is 5.84. The lowest BCUT2D eigenvalue weighted by molar-refractivity contribution is 0.0696. The van der Waals surface area contributed by atoms with Crippen LogP contribution in [0.4, 0.5) is 0 Å². The Morgan fingerprint density at radius 3 is 2.58 bits per heavy atom. The first-order valence-electron chi connectivity index (χ1n) is 8.07. The fourth-order valence-corrected chi connectivity index (χ4v) is 2.82. The summed E-state index contributed by atoms with van der Waals surface area (Å²) in [7, 11) is 3.13. The third-order valence-electron chi connectivity index (χ3n) is 4.08. The Bertz CT molecular complexity index is 1010. The topological polar surface area (TPSA) is 68.7 Å². The Labute approximate surface area is 151 Å². The van der Waals surface area contributed by atoms with E-state index in [0.717, 1.165) is 22.0 Å².